The van der Waals surface area contributed by atoms with E-state index in [1.54, 1.807) is 6.20 Å². The molecule has 14 heavy (non-hydrogen) atoms. The maximum absolute atomic E-state index is 5.84. The molecular formula is C11H17ClN2. The zero-order valence-electron chi connectivity index (χ0n) is 9.21. The Balaban J connectivity index is 2.94. The Morgan fingerprint density at radius 1 is 1.50 bits per heavy atom. The molecule has 0 radical (unpaired) electrons. The molecule has 2 nitrogen and oxygen atoms in total. The van der Waals surface area contributed by atoms with Crippen molar-refractivity contribution >= 4 is 17.3 Å². The topological polar surface area (TPSA) is 16.1 Å². The van der Waals surface area contributed by atoms with Crippen molar-refractivity contribution in [3.63, 3.8) is 0 Å². The van der Waals surface area contributed by atoms with Gasteiger partial charge in [-0.2, -0.15) is 0 Å². The molecule has 0 atom stereocenters. The third kappa shape index (κ3) is 2.38. The molecule has 0 aromatic carbocycles. The standard InChI is InChI=1S/C11H17ClN2/c1-5-11(2,3)14(4)9-6-7-13-10(12)8-9/h6-8H,5H2,1-4H3. The summed E-state index contributed by atoms with van der Waals surface area (Å²) in [4.78, 5) is 6.19. The minimum Gasteiger partial charge on any atom is -0.369 e. The minimum atomic E-state index is 0.144. The van der Waals surface area contributed by atoms with E-state index in [1.165, 1.54) is 0 Å². The van der Waals surface area contributed by atoms with Gasteiger partial charge in [0.05, 0.1) is 0 Å². The molecule has 0 aliphatic carbocycles. The van der Waals surface area contributed by atoms with Crippen LogP contribution in [0.3, 0.4) is 0 Å². The van der Waals surface area contributed by atoms with Gasteiger partial charge in [-0.15, -0.1) is 0 Å². The van der Waals surface area contributed by atoms with E-state index < -0.39 is 0 Å². The summed E-state index contributed by atoms with van der Waals surface area (Å²) in [5.74, 6) is 0. The molecular weight excluding hydrogens is 196 g/mol. The van der Waals surface area contributed by atoms with Crippen LogP contribution in [0.15, 0.2) is 18.3 Å². The zero-order valence-corrected chi connectivity index (χ0v) is 9.97. The molecule has 1 rings (SSSR count). The Labute approximate surface area is 90.9 Å². The van der Waals surface area contributed by atoms with Crippen LogP contribution >= 0.6 is 11.6 Å². The summed E-state index contributed by atoms with van der Waals surface area (Å²) >= 11 is 5.84. The number of rotatable bonds is 3. The molecule has 3 heteroatoms. The zero-order chi connectivity index (χ0) is 10.8. The Bertz CT molecular complexity index is 310. The van der Waals surface area contributed by atoms with Crippen LogP contribution in [0.5, 0.6) is 0 Å². The molecule has 0 saturated carbocycles. The van der Waals surface area contributed by atoms with E-state index in [1.807, 2.05) is 12.1 Å². The molecule has 0 bridgehead atoms. The molecule has 0 aliphatic heterocycles. The first-order chi connectivity index (χ1) is 6.47. The Morgan fingerprint density at radius 3 is 2.64 bits per heavy atom. The third-order valence-corrected chi connectivity index (χ3v) is 3.08. The molecule has 0 fully saturated rings. The molecule has 0 saturated heterocycles. The second kappa shape index (κ2) is 4.18. The fourth-order valence-corrected chi connectivity index (χ4v) is 1.36. The molecule has 1 aromatic rings. The van der Waals surface area contributed by atoms with Gasteiger partial charge < -0.3 is 4.90 Å². The molecule has 0 unspecified atom stereocenters. The fraction of sp³-hybridized carbons (Fsp3) is 0.545. The highest BCUT2D eigenvalue weighted by Crippen LogP contribution is 2.25. The summed E-state index contributed by atoms with van der Waals surface area (Å²) < 4.78 is 0. The monoisotopic (exact) mass is 212 g/mol. The first-order valence-electron chi connectivity index (χ1n) is 4.83. The third-order valence-electron chi connectivity index (χ3n) is 2.87. The van der Waals surface area contributed by atoms with Gasteiger partial charge in [-0.25, -0.2) is 4.98 Å². The summed E-state index contributed by atoms with van der Waals surface area (Å²) in [6.07, 6.45) is 2.82. The summed E-state index contributed by atoms with van der Waals surface area (Å²) in [5.41, 5.74) is 1.25. The van der Waals surface area contributed by atoms with E-state index in [2.05, 4.69) is 37.7 Å². The van der Waals surface area contributed by atoms with Crippen LogP contribution in [0, 0.1) is 0 Å². The van der Waals surface area contributed by atoms with Crippen LogP contribution in [0.4, 0.5) is 5.69 Å². The first-order valence-corrected chi connectivity index (χ1v) is 5.20. The second-order valence-corrected chi connectivity index (χ2v) is 4.45. The lowest BCUT2D eigenvalue weighted by atomic mass is 9.99. The smallest absolute Gasteiger partial charge is 0.131 e. The van der Waals surface area contributed by atoms with E-state index in [9.17, 15) is 0 Å². The maximum Gasteiger partial charge on any atom is 0.131 e. The van der Waals surface area contributed by atoms with E-state index >= 15 is 0 Å². The minimum absolute atomic E-state index is 0.144. The van der Waals surface area contributed by atoms with Gasteiger partial charge in [0.25, 0.3) is 0 Å². The van der Waals surface area contributed by atoms with Crippen LogP contribution in [0.1, 0.15) is 27.2 Å². The van der Waals surface area contributed by atoms with Crippen LogP contribution in [-0.4, -0.2) is 17.6 Å². The molecule has 0 spiro atoms. The van der Waals surface area contributed by atoms with Crippen LogP contribution < -0.4 is 4.90 Å². The maximum atomic E-state index is 5.84. The van der Waals surface area contributed by atoms with Gasteiger partial charge in [0.1, 0.15) is 5.15 Å². The second-order valence-electron chi connectivity index (χ2n) is 4.06. The number of hydrogen-bond donors (Lipinski definition) is 0. The quantitative estimate of drug-likeness (QED) is 0.715. The lowest BCUT2D eigenvalue weighted by Gasteiger charge is -2.36. The molecule has 0 N–H and O–H groups in total. The van der Waals surface area contributed by atoms with Crippen LogP contribution in [0.25, 0.3) is 0 Å². The summed E-state index contributed by atoms with van der Waals surface area (Å²) in [6.45, 7) is 6.60. The van der Waals surface area contributed by atoms with Crippen molar-refractivity contribution in [2.75, 3.05) is 11.9 Å². The molecule has 1 aromatic heterocycles. The number of aromatic nitrogens is 1. The average Bonchev–Trinajstić information content (AvgIpc) is 2.16. The fourth-order valence-electron chi connectivity index (χ4n) is 1.19. The number of nitrogens with zero attached hydrogens (tertiary/aromatic N) is 2. The number of pyridine rings is 1. The van der Waals surface area contributed by atoms with Gasteiger partial charge in [-0.1, -0.05) is 18.5 Å². The van der Waals surface area contributed by atoms with E-state index in [-0.39, 0.29) is 5.54 Å². The molecule has 0 aliphatic rings. The SMILES string of the molecule is CCC(C)(C)N(C)c1ccnc(Cl)c1. The Morgan fingerprint density at radius 2 is 2.14 bits per heavy atom. The van der Waals surface area contributed by atoms with Crippen LogP contribution in [0.2, 0.25) is 5.15 Å². The number of anilines is 1. The lowest BCUT2D eigenvalue weighted by Crippen LogP contribution is -2.40. The van der Waals surface area contributed by atoms with E-state index in [4.69, 9.17) is 11.6 Å². The largest absolute Gasteiger partial charge is 0.369 e. The molecule has 0 amide bonds. The average molecular weight is 213 g/mol. The normalized spacial score (nSPS) is 11.5. The van der Waals surface area contributed by atoms with Gasteiger partial charge >= 0.3 is 0 Å². The Hall–Kier alpha value is -0.760. The predicted molar refractivity (Wildman–Crippen MR) is 62.0 cm³/mol. The van der Waals surface area contributed by atoms with Crippen molar-refractivity contribution < 1.29 is 0 Å². The summed E-state index contributed by atoms with van der Waals surface area (Å²) in [5, 5.41) is 0.543. The number of hydrogen-bond acceptors (Lipinski definition) is 2. The van der Waals surface area contributed by atoms with Crippen molar-refractivity contribution in [1.82, 2.24) is 4.98 Å². The van der Waals surface area contributed by atoms with Crippen molar-refractivity contribution in [1.29, 1.82) is 0 Å². The lowest BCUT2D eigenvalue weighted by molar-refractivity contribution is 0.470. The van der Waals surface area contributed by atoms with Gasteiger partial charge in [0.2, 0.25) is 0 Å². The first kappa shape index (κ1) is 11.3. The van der Waals surface area contributed by atoms with E-state index in [0.29, 0.717) is 5.15 Å². The van der Waals surface area contributed by atoms with Gasteiger partial charge in [-0.3, -0.25) is 0 Å². The number of halogens is 1. The van der Waals surface area contributed by atoms with Crippen molar-refractivity contribution in [2.45, 2.75) is 32.7 Å². The van der Waals surface area contributed by atoms with E-state index in [0.717, 1.165) is 12.1 Å². The highest BCUT2D eigenvalue weighted by Gasteiger charge is 2.21. The Kier molecular flexibility index (Phi) is 3.38. The van der Waals surface area contributed by atoms with Crippen molar-refractivity contribution in [2.24, 2.45) is 0 Å². The summed E-state index contributed by atoms with van der Waals surface area (Å²) in [7, 11) is 2.08. The van der Waals surface area contributed by atoms with Gasteiger partial charge in [0.15, 0.2) is 0 Å². The molecule has 78 valence electrons. The highest BCUT2D eigenvalue weighted by molar-refractivity contribution is 6.29. The highest BCUT2D eigenvalue weighted by atomic mass is 35.5. The van der Waals surface area contributed by atoms with Gasteiger partial charge in [0, 0.05) is 24.5 Å². The van der Waals surface area contributed by atoms with Gasteiger partial charge in [-0.05, 0) is 32.4 Å². The van der Waals surface area contributed by atoms with Crippen molar-refractivity contribution in [3.05, 3.63) is 23.5 Å². The molecule has 1 heterocycles. The van der Waals surface area contributed by atoms with Crippen LogP contribution in [-0.2, 0) is 0 Å². The predicted octanol–water partition coefficient (Wildman–Crippen LogP) is 3.36. The van der Waals surface area contributed by atoms with Crippen molar-refractivity contribution in [3.8, 4) is 0 Å². The summed E-state index contributed by atoms with van der Waals surface area (Å²) in [6, 6.07) is 3.86.